The first-order valence-electron chi connectivity index (χ1n) is 9.52. The van der Waals surface area contributed by atoms with Crippen molar-refractivity contribution in [1.82, 2.24) is 15.0 Å². The van der Waals surface area contributed by atoms with E-state index in [9.17, 15) is 9.59 Å². The van der Waals surface area contributed by atoms with E-state index in [4.69, 9.17) is 21.5 Å². The number of benzene rings is 2. The number of carbonyl (C=O) groups is 2. The van der Waals surface area contributed by atoms with Gasteiger partial charge >= 0.3 is 5.97 Å². The number of hydrogen-bond acceptors (Lipinski definition) is 10. The molecule has 6 N–H and O–H groups in total. The van der Waals surface area contributed by atoms with E-state index in [2.05, 4.69) is 20.3 Å². The quantitative estimate of drug-likeness (QED) is 0.118. The van der Waals surface area contributed by atoms with Crippen molar-refractivity contribution in [1.29, 1.82) is 11.1 Å². The summed E-state index contributed by atoms with van der Waals surface area (Å²) in [6.45, 7) is 3.82. The molecule has 4 rings (SSSR count). The summed E-state index contributed by atoms with van der Waals surface area (Å²) < 4.78 is 5.56. The van der Waals surface area contributed by atoms with Crippen LogP contribution in [0.3, 0.4) is 0 Å². The van der Waals surface area contributed by atoms with Gasteiger partial charge in [0.2, 0.25) is 5.91 Å². The number of amides is 1. The summed E-state index contributed by atoms with van der Waals surface area (Å²) in [5, 5.41) is 3.93. The fourth-order valence-electron chi connectivity index (χ4n) is 2.55. The number of nitrogens with two attached hydrogens (primary N) is 1. The van der Waals surface area contributed by atoms with Gasteiger partial charge in [-0.2, -0.15) is 0 Å². The number of hydrogen-bond donors (Lipinski definition) is 5. The summed E-state index contributed by atoms with van der Waals surface area (Å²) in [7, 11) is 0. The van der Waals surface area contributed by atoms with Crippen LogP contribution in [0.15, 0.2) is 47.6 Å². The van der Waals surface area contributed by atoms with Gasteiger partial charge in [-0.15, -0.1) is 0 Å². The topological polar surface area (TPSA) is 171 Å². The fourth-order valence-corrected chi connectivity index (χ4v) is 4.16. The monoisotopic (exact) mass is 473 g/mol. The molecule has 0 aliphatic heterocycles. The summed E-state index contributed by atoms with van der Waals surface area (Å²) in [6, 6.07) is 12.7. The number of ether oxygens (including phenoxy) is 1. The van der Waals surface area contributed by atoms with Crippen LogP contribution in [-0.4, -0.2) is 39.3 Å². The molecule has 168 valence electrons. The third-order valence-corrected chi connectivity index (χ3v) is 5.60. The van der Waals surface area contributed by atoms with E-state index in [0.717, 1.165) is 15.7 Å². The Balaban J connectivity index is 0.000000860. The Morgan fingerprint density at radius 2 is 1.91 bits per heavy atom. The van der Waals surface area contributed by atoms with E-state index >= 15 is 0 Å². The summed E-state index contributed by atoms with van der Waals surface area (Å²) in [5.41, 5.74) is 18.1. The van der Waals surface area contributed by atoms with Crippen molar-refractivity contribution in [2.45, 2.75) is 19.0 Å². The number of H-pyrrole nitrogens is 1. The van der Waals surface area contributed by atoms with Gasteiger partial charge in [0, 0.05) is 0 Å². The SMILES string of the molecule is CC.N=N.NCOC(=O)c1ccc2nc(NC(=O)CSc3nc4ccccc4[nH]3)sc2c1. The van der Waals surface area contributed by atoms with Crippen LogP contribution in [0.1, 0.15) is 24.2 Å². The highest BCUT2D eigenvalue weighted by Gasteiger charge is 2.13. The molecule has 2 heterocycles. The maximum absolute atomic E-state index is 12.2. The van der Waals surface area contributed by atoms with E-state index in [0.29, 0.717) is 21.4 Å². The van der Waals surface area contributed by atoms with Crippen molar-refractivity contribution in [3.05, 3.63) is 48.0 Å². The number of aromatic amines is 1. The predicted octanol–water partition coefficient (Wildman–Crippen LogP) is 4.60. The van der Waals surface area contributed by atoms with Crippen LogP contribution in [0.5, 0.6) is 0 Å². The van der Waals surface area contributed by atoms with Gasteiger partial charge in [-0.1, -0.05) is 49.1 Å². The van der Waals surface area contributed by atoms with Gasteiger partial charge in [0.05, 0.1) is 32.6 Å². The number of fused-ring (bicyclic) bond motifs is 2. The molecule has 4 aromatic rings. The number of imidazole rings is 1. The Kier molecular flexibility index (Phi) is 9.73. The molecule has 0 saturated heterocycles. The first-order chi connectivity index (χ1) is 15.6. The van der Waals surface area contributed by atoms with Crippen molar-refractivity contribution >= 4 is 61.4 Å². The summed E-state index contributed by atoms with van der Waals surface area (Å²) in [4.78, 5) is 36.0. The van der Waals surface area contributed by atoms with Gasteiger partial charge in [0.1, 0.15) is 6.73 Å². The molecule has 0 radical (unpaired) electrons. The van der Waals surface area contributed by atoms with Gasteiger partial charge in [0.25, 0.3) is 0 Å². The lowest BCUT2D eigenvalue weighted by molar-refractivity contribution is -0.113. The number of para-hydroxylation sites is 2. The molecular weight excluding hydrogens is 450 g/mol. The molecule has 0 fully saturated rings. The highest BCUT2D eigenvalue weighted by Crippen LogP contribution is 2.27. The molecule has 10 nitrogen and oxygen atoms in total. The van der Waals surface area contributed by atoms with Gasteiger partial charge in [-0.3, -0.25) is 10.5 Å². The molecule has 2 aromatic carbocycles. The van der Waals surface area contributed by atoms with E-state index in [1.54, 1.807) is 18.2 Å². The smallest absolute Gasteiger partial charge is 0.339 e. The Labute approximate surface area is 192 Å². The molecule has 12 heteroatoms. The van der Waals surface area contributed by atoms with Crippen molar-refractivity contribution < 1.29 is 14.3 Å². The van der Waals surface area contributed by atoms with Crippen LogP contribution < -0.4 is 11.1 Å². The van der Waals surface area contributed by atoms with E-state index in [-0.39, 0.29) is 18.4 Å². The molecular formula is C20H23N7O3S2. The maximum atomic E-state index is 12.2. The zero-order chi connectivity index (χ0) is 23.5. The minimum atomic E-state index is -0.495. The standard InChI is InChI=1S/C18H15N5O3S2.C2H6.H2N2/c19-9-26-16(25)10-5-6-13-14(7-10)28-18(22-13)23-15(24)8-27-17-20-11-3-1-2-4-12(11)21-17;2*1-2/h1-7H,8-9,19H2,(H,20,21)(H,22,23,24);1-2H3;1-2H. The third kappa shape index (κ3) is 6.33. The molecule has 1 amide bonds. The average Bonchev–Trinajstić information content (AvgIpc) is 3.43. The Hall–Kier alpha value is -3.35. The normalized spacial score (nSPS) is 9.97. The van der Waals surface area contributed by atoms with Crippen LogP contribution >= 0.6 is 23.1 Å². The van der Waals surface area contributed by atoms with Crippen LogP contribution in [-0.2, 0) is 9.53 Å². The second kappa shape index (κ2) is 12.5. The van der Waals surface area contributed by atoms with Crippen molar-refractivity contribution in [2.24, 2.45) is 5.73 Å². The molecule has 0 bridgehead atoms. The van der Waals surface area contributed by atoms with Gasteiger partial charge < -0.3 is 15.0 Å². The van der Waals surface area contributed by atoms with Gasteiger partial charge in [-0.25, -0.2) is 25.8 Å². The molecule has 0 atom stereocenters. The number of nitrogens with zero attached hydrogens (tertiary/aromatic N) is 2. The van der Waals surface area contributed by atoms with Crippen molar-refractivity contribution in [2.75, 3.05) is 17.8 Å². The van der Waals surface area contributed by atoms with Crippen LogP contribution in [0.2, 0.25) is 0 Å². The number of carbonyl (C=O) groups excluding carboxylic acids is 2. The second-order valence-electron chi connectivity index (χ2n) is 5.70. The zero-order valence-electron chi connectivity index (χ0n) is 17.5. The molecule has 0 aliphatic rings. The lowest BCUT2D eigenvalue weighted by Crippen LogP contribution is -2.13. The van der Waals surface area contributed by atoms with E-state index in [1.807, 2.05) is 38.1 Å². The number of rotatable bonds is 6. The Morgan fingerprint density at radius 3 is 2.62 bits per heavy atom. The van der Waals surface area contributed by atoms with Crippen molar-refractivity contribution in [3.63, 3.8) is 0 Å². The molecule has 0 unspecified atom stereocenters. The van der Waals surface area contributed by atoms with Gasteiger partial charge in [-0.05, 0) is 30.3 Å². The predicted molar refractivity (Wildman–Crippen MR) is 126 cm³/mol. The first-order valence-corrected chi connectivity index (χ1v) is 11.3. The van der Waals surface area contributed by atoms with Crippen molar-refractivity contribution in [3.8, 4) is 0 Å². The number of thiazole rings is 1. The molecule has 0 saturated carbocycles. The second-order valence-corrected chi connectivity index (χ2v) is 7.69. The minimum absolute atomic E-state index is 0.177. The molecule has 2 aromatic heterocycles. The number of esters is 1. The van der Waals surface area contributed by atoms with E-state index < -0.39 is 5.97 Å². The van der Waals surface area contributed by atoms with Crippen LogP contribution in [0.4, 0.5) is 5.13 Å². The average molecular weight is 474 g/mol. The minimum Gasteiger partial charge on any atom is -0.446 e. The molecule has 0 aliphatic carbocycles. The van der Waals surface area contributed by atoms with E-state index in [1.165, 1.54) is 23.1 Å². The maximum Gasteiger partial charge on any atom is 0.339 e. The summed E-state index contributed by atoms with van der Waals surface area (Å²) in [6.07, 6.45) is 0. The number of aromatic nitrogens is 3. The highest BCUT2D eigenvalue weighted by molar-refractivity contribution is 7.99. The number of nitrogens with one attached hydrogen (secondary N) is 4. The molecule has 32 heavy (non-hydrogen) atoms. The lowest BCUT2D eigenvalue weighted by atomic mass is 10.2. The van der Waals surface area contributed by atoms with Gasteiger partial charge in [0.15, 0.2) is 10.3 Å². The Bertz CT molecular complexity index is 1160. The van der Waals surface area contributed by atoms with Crippen LogP contribution in [0, 0.1) is 11.1 Å². The summed E-state index contributed by atoms with van der Waals surface area (Å²) in [5.74, 6) is -0.484. The Morgan fingerprint density at radius 1 is 1.16 bits per heavy atom. The number of thioether (sulfide) groups is 1. The highest BCUT2D eigenvalue weighted by atomic mass is 32.2. The third-order valence-electron chi connectivity index (χ3n) is 3.79. The first kappa shape index (κ1) is 24.9. The van der Waals surface area contributed by atoms with Crippen LogP contribution in [0.25, 0.3) is 21.3 Å². The lowest BCUT2D eigenvalue weighted by Gasteiger charge is -2.00. The largest absolute Gasteiger partial charge is 0.446 e. The summed E-state index contributed by atoms with van der Waals surface area (Å²) >= 11 is 2.60. The molecule has 0 spiro atoms. The zero-order valence-corrected chi connectivity index (χ0v) is 19.1. The number of anilines is 1. The fraction of sp³-hybridized carbons (Fsp3) is 0.200.